The molecule has 2 aromatic rings. The first-order valence-electron chi connectivity index (χ1n) is 7.13. The Morgan fingerprint density at radius 1 is 0.833 bits per heavy atom. The van der Waals surface area contributed by atoms with Crippen LogP contribution in [0.4, 0.5) is 5.69 Å². The van der Waals surface area contributed by atoms with Crippen LogP contribution in [0.3, 0.4) is 0 Å². The average Bonchev–Trinajstić information content (AvgIpc) is 2.42. The van der Waals surface area contributed by atoms with Gasteiger partial charge in [0.15, 0.2) is 0 Å². The van der Waals surface area contributed by atoms with E-state index in [2.05, 4.69) is 54.7 Å². The van der Waals surface area contributed by atoms with Crippen LogP contribution < -0.4 is 5.32 Å². The molecule has 2 rings (SSSR count). The smallest absolute Gasteiger partial charge is 0.0346 e. The molecular weight excluding hydrogens is 218 g/mol. The molecule has 0 radical (unpaired) electrons. The van der Waals surface area contributed by atoms with E-state index in [0.717, 1.165) is 6.54 Å². The number of fused-ring (bicyclic) bond motifs is 1. The van der Waals surface area contributed by atoms with E-state index in [9.17, 15) is 0 Å². The highest BCUT2D eigenvalue weighted by Crippen LogP contribution is 2.18. The van der Waals surface area contributed by atoms with Gasteiger partial charge in [0.2, 0.25) is 0 Å². The van der Waals surface area contributed by atoms with Crippen LogP contribution in [0.1, 0.15) is 39.0 Å². The van der Waals surface area contributed by atoms with Crippen molar-refractivity contribution in [2.24, 2.45) is 0 Å². The van der Waals surface area contributed by atoms with E-state index in [-0.39, 0.29) is 0 Å². The van der Waals surface area contributed by atoms with Crippen LogP contribution >= 0.6 is 0 Å². The maximum atomic E-state index is 3.51. The molecule has 1 N–H and O–H groups in total. The first-order chi connectivity index (χ1) is 8.90. The number of anilines is 1. The topological polar surface area (TPSA) is 12.0 Å². The third-order valence-corrected chi connectivity index (χ3v) is 3.36. The van der Waals surface area contributed by atoms with E-state index in [4.69, 9.17) is 0 Å². The fourth-order valence-corrected chi connectivity index (χ4v) is 2.26. The summed E-state index contributed by atoms with van der Waals surface area (Å²) in [7, 11) is 0. The van der Waals surface area contributed by atoms with Gasteiger partial charge in [-0.15, -0.1) is 0 Å². The van der Waals surface area contributed by atoms with Crippen molar-refractivity contribution < 1.29 is 0 Å². The van der Waals surface area contributed by atoms with Gasteiger partial charge in [-0.2, -0.15) is 0 Å². The van der Waals surface area contributed by atoms with E-state index < -0.39 is 0 Å². The van der Waals surface area contributed by atoms with Crippen molar-refractivity contribution in [3.05, 3.63) is 42.5 Å². The number of unbranched alkanes of at least 4 members (excludes halogenated alkanes) is 4. The highest BCUT2D eigenvalue weighted by atomic mass is 14.9. The summed E-state index contributed by atoms with van der Waals surface area (Å²) in [5, 5.41) is 6.14. The molecule has 1 nitrogen and oxygen atoms in total. The van der Waals surface area contributed by atoms with Crippen molar-refractivity contribution in [2.45, 2.75) is 39.0 Å². The van der Waals surface area contributed by atoms with Gasteiger partial charge < -0.3 is 5.32 Å². The maximum absolute atomic E-state index is 3.51. The zero-order chi connectivity index (χ0) is 12.6. The molecule has 0 atom stereocenters. The van der Waals surface area contributed by atoms with Crippen LogP contribution in [0.25, 0.3) is 10.8 Å². The summed E-state index contributed by atoms with van der Waals surface area (Å²) in [5.74, 6) is 0. The predicted molar refractivity (Wildman–Crippen MR) is 81.2 cm³/mol. The Hall–Kier alpha value is -1.50. The largest absolute Gasteiger partial charge is 0.385 e. The number of rotatable bonds is 7. The molecule has 0 aliphatic heterocycles. The Labute approximate surface area is 110 Å². The van der Waals surface area contributed by atoms with Gasteiger partial charge in [-0.25, -0.2) is 0 Å². The molecule has 0 unspecified atom stereocenters. The fraction of sp³-hybridized carbons (Fsp3) is 0.412. The lowest BCUT2D eigenvalue weighted by Crippen LogP contribution is -2.01. The molecule has 0 aromatic heterocycles. The molecule has 96 valence electrons. The molecule has 0 saturated heterocycles. The van der Waals surface area contributed by atoms with Gasteiger partial charge in [0, 0.05) is 12.2 Å². The minimum atomic E-state index is 1.09. The normalized spacial score (nSPS) is 10.7. The summed E-state index contributed by atoms with van der Waals surface area (Å²) in [4.78, 5) is 0. The highest BCUT2D eigenvalue weighted by molar-refractivity contribution is 5.85. The first-order valence-corrected chi connectivity index (χ1v) is 7.13. The lowest BCUT2D eigenvalue weighted by molar-refractivity contribution is 0.645. The van der Waals surface area contributed by atoms with Crippen LogP contribution in [0.2, 0.25) is 0 Å². The van der Waals surface area contributed by atoms with Gasteiger partial charge >= 0.3 is 0 Å². The van der Waals surface area contributed by atoms with Crippen molar-refractivity contribution >= 4 is 16.5 Å². The Kier molecular flexibility index (Phi) is 5.07. The SMILES string of the molecule is CCCCCCCNc1ccc2ccccc2c1. The van der Waals surface area contributed by atoms with Crippen LogP contribution in [0, 0.1) is 0 Å². The van der Waals surface area contributed by atoms with Crippen molar-refractivity contribution in [3.8, 4) is 0 Å². The number of nitrogens with one attached hydrogen (secondary N) is 1. The average molecular weight is 241 g/mol. The number of hydrogen-bond donors (Lipinski definition) is 1. The van der Waals surface area contributed by atoms with E-state index in [1.807, 2.05) is 0 Å². The third kappa shape index (κ3) is 3.76. The first kappa shape index (κ1) is 12.9. The van der Waals surface area contributed by atoms with Crippen molar-refractivity contribution in [1.82, 2.24) is 0 Å². The zero-order valence-corrected chi connectivity index (χ0v) is 11.3. The Bertz CT molecular complexity index is 476. The quantitative estimate of drug-likeness (QED) is 0.655. The summed E-state index contributed by atoms with van der Waals surface area (Å²) >= 11 is 0. The number of hydrogen-bond acceptors (Lipinski definition) is 1. The minimum absolute atomic E-state index is 1.09. The van der Waals surface area contributed by atoms with E-state index in [1.54, 1.807) is 0 Å². The lowest BCUT2D eigenvalue weighted by atomic mass is 10.1. The lowest BCUT2D eigenvalue weighted by Gasteiger charge is -2.07. The maximum Gasteiger partial charge on any atom is 0.0346 e. The standard InChI is InChI=1S/C17H23N/c1-2-3-4-5-8-13-18-17-12-11-15-9-6-7-10-16(15)14-17/h6-7,9-12,14,18H,2-5,8,13H2,1H3. The van der Waals surface area contributed by atoms with Crippen LogP contribution in [-0.2, 0) is 0 Å². The van der Waals surface area contributed by atoms with Gasteiger partial charge in [0.25, 0.3) is 0 Å². The summed E-state index contributed by atoms with van der Waals surface area (Å²) in [6, 6.07) is 15.1. The molecule has 0 fully saturated rings. The highest BCUT2D eigenvalue weighted by Gasteiger charge is 1.95. The molecule has 18 heavy (non-hydrogen) atoms. The summed E-state index contributed by atoms with van der Waals surface area (Å²) in [5.41, 5.74) is 1.24. The van der Waals surface area contributed by atoms with Crippen LogP contribution in [-0.4, -0.2) is 6.54 Å². The second-order valence-corrected chi connectivity index (χ2v) is 4.90. The van der Waals surface area contributed by atoms with E-state index in [0.29, 0.717) is 0 Å². The molecule has 0 aliphatic rings. The fourth-order valence-electron chi connectivity index (χ4n) is 2.26. The molecule has 1 heteroatoms. The van der Waals surface area contributed by atoms with Crippen molar-refractivity contribution in [1.29, 1.82) is 0 Å². The van der Waals surface area contributed by atoms with Crippen LogP contribution in [0.15, 0.2) is 42.5 Å². The third-order valence-electron chi connectivity index (χ3n) is 3.36. The summed E-state index contributed by atoms with van der Waals surface area (Å²) in [6.45, 7) is 3.34. The monoisotopic (exact) mass is 241 g/mol. The van der Waals surface area contributed by atoms with Crippen LogP contribution in [0.5, 0.6) is 0 Å². The molecule has 2 aromatic carbocycles. The molecule has 0 bridgehead atoms. The van der Waals surface area contributed by atoms with Gasteiger partial charge in [-0.05, 0) is 29.3 Å². The molecule has 0 saturated carbocycles. The number of benzene rings is 2. The Balaban J connectivity index is 1.81. The molecule has 0 spiro atoms. The molecular formula is C17H23N. The van der Waals surface area contributed by atoms with Gasteiger partial charge in [-0.3, -0.25) is 0 Å². The molecule has 0 aliphatic carbocycles. The molecule has 0 amide bonds. The van der Waals surface area contributed by atoms with Gasteiger partial charge in [-0.1, -0.05) is 62.9 Å². The van der Waals surface area contributed by atoms with Crippen molar-refractivity contribution in [3.63, 3.8) is 0 Å². The Morgan fingerprint density at radius 2 is 1.61 bits per heavy atom. The van der Waals surface area contributed by atoms with Gasteiger partial charge in [0.1, 0.15) is 0 Å². The van der Waals surface area contributed by atoms with E-state index >= 15 is 0 Å². The summed E-state index contributed by atoms with van der Waals surface area (Å²) in [6.07, 6.45) is 6.67. The predicted octanol–water partition coefficient (Wildman–Crippen LogP) is 5.22. The zero-order valence-electron chi connectivity index (χ0n) is 11.3. The second kappa shape index (κ2) is 7.05. The van der Waals surface area contributed by atoms with Gasteiger partial charge in [0.05, 0.1) is 0 Å². The summed E-state index contributed by atoms with van der Waals surface area (Å²) < 4.78 is 0. The second-order valence-electron chi connectivity index (χ2n) is 4.90. The minimum Gasteiger partial charge on any atom is -0.385 e. The van der Waals surface area contributed by atoms with E-state index in [1.165, 1.54) is 48.6 Å². The Morgan fingerprint density at radius 3 is 2.44 bits per heavy atom. The van der Waals surface area contributed by atoms with Crippen molar-refractivity contribution in [2.75, 3.05) is 11.9 Å². The molecule has 0 heterocycles.